The van der Waals surface area contributed by atoms with Gasteiger partial charge in [-0.25, -0.2) is 0 Å². The topological polar surface area (TPSA) is 58.2 Å². The molecule has 1 aliphatic rings. The van der Waals surface area contributed by atoms with Crippen molar-refractivity contribution in [2.75, 3.05) is 0 Å². The number of carbonyl (C=O) groups excluding carboxylic acids is 2. The summed E-state index contributed by atoms with van der Waals surface area (Å²) < 4.78 is 0. The van der Waals surface area contributed by atoms with Crippen LogP contribution in [0.3, 0.4) is 0 Å². The van der Waals surface area contributed by atoms with Crippen LogP contribution in [0.15, 0.2) is 6.07 Å². The van der Waals surface area contributed by atoms with Gasteiger partial charge in [0, 0.05) is 11.3 Å². The summed E-state index contributed by atoms with van der Waals surface area (Å²) in [6.07, 6.45) is 4.58. The fraction of sp³-hybridized carbons (Fsp3) is 0.625. The predicted molar refractivity (Wildman–Crippen MR) is 85.2 cm³/mol. The van der Waals surface area contributed by atoms with Crippen molar-refractivity contribution in [2.45, 2.75) is 52.9 Å². The summed E-state index contributed by atoms with van der Waals surface area (Å²) in [5.74, 6) is 0.836. The van der Waals surface area contributed by atoms with Crippen molar-refractivity contribution in [3.8, 4) is 0 Å². The standard InChI is InChI=1S/C16H24N2O2S/c1-10(2)4-7-15(19)17-18-16(20)14-9-12-8-11(3)5-6-13(12)21-14/h9-11H,4-8H2,1-3H3,(H,17,19)(H,18,20). The van der Waals surface area contributed by atoms with E-state index < -0.39 is 0 Å². The zero-order valence-corrected chi connectivity index (χ0v) is 13.8. The van der Waals surface area contributed by atoms with Crippen molar-refractivity contribution in [2.24, 2.45) is 11.8 Å². The third-order valence-corrected chi connectivity index (χ3v) is 5.05. The molecule has 1 aromatic rings. The second-order valence-corrected chi connectivity index (χ2v) is 7.48. The summed E-state index contributed by atoms with van der Waals surface area (Å²) in [4.78, 5) is 25.7. The van der Waals surface area contributed by atoms with Crippen molar-refractivity contribution >= 4 is 23.2 Å². The number of nitrogens with one attached hydrogen (secondary N) is 2. The van der Waals surface area contributed by atoms with E-state index in [0.29, 0.717) is 23.1 Å². The molecule has 4 nitrogen and oxygen atoms in total. The molecule has 0 aromatic carbocycles. The second kappa shape index (κ2) is 7.07. The molecule has 0 fully saturated rings. The van der Waals surface area contributed by atoms with E-state index in [4.69, 9.17) is 0 Å². The fourth-order valence-electron chi connectivity index (χ4n) is 2.49. The normalized spacial score (nSPS) is 17.4. The third-order valence-electron chi connectivity index (χ3n) is 3.82. The Morgan fingerprint density at radius 3 is 2.86 bits per heavy atom. The van der Waals surface area contributed by atoms with Crippen LogP contribution < -0.4 is 10.9 Å². The highest BCUT2D eigenvalue weighted by atomic mass is 32.1. The Kier molecular flexibility index (Phi) is 5.39. The minimum atomic E-state index is -0.208. The number of amides is 2. The Labute approximate surface area is 130 Å². The van der Waals surface area contributed by atoms with Gasteiger partial charge in [-0.2, -0.15) is 0 Å². The maximum absolute atomic E-state index is 12.1. The van der Waals surface area contributed by atoms with Crippen LogP contribution in [0.1, 0.15) is 60.1 Å². The number of hydrazine groups is 1. The molecular weight excluding hydrogens is 284 g/mol. The fourth-order valence-corrected chi connectivity index (χ4v) is 3.59. The number of hydrogen-bond acceptors (Lipinski definition) is 3. The van der Waals surface area contributed by atoms with Crippen LogP contribution in [-0.2, 0) is 17.6 Å². The molecule has 116 valence electrons. The zero-order valence-electron chi connectivity index (χ0n) is 13.0. The molecule has 21 heavy (non-hydrogen) atoms. The van der Waals surface area contributed by atoms with Gasteiger partial charge in [-0.3, -0.25) is 20.4 Å². The van der Waals surface area contributed by atoms with Gasteiger partial charge in [0.15, 0.2) is 0 Å². The lowest BCUT2D eigenvalue weighted by Gasteiger charge is -2.16. The number of aryl methyl sites for hydroxylation is 1. The van der Waals surface area contributed by atoms with Gasteiger partial charge in [0.1, 0.15) is 0 Å². The van der Waals surface area contributed by atoms with Crippen LogP contribution >= 0.6 is 11.3 Å². The van der Waals surface area contributed by atoms with Gasteiger partial charge in [-0.05, 0) is 49.1 Å². The van der Waals surface area contributed by atoms with Gasteiger partial charge < -0.3 is 0 Å². The van der Waals surface area contributed by atoms with Crippen molar-refractivity contribution in [1.29, 1.82) is 0 Å². The number of rotatable bonds is 4. The van der Waals surface area contributed by atoms with Crippen LogP contribution in [-0.4, -0.2) is 11.8 Å². The van der Waals surface area contributed by atoms with Gasteiger partial charge in [0.25, 0.3) is 5.91 Å². The first-order chi connectivity index (χ1) is 9.95. The van der Waals surface area contributed by atoms with E-state index >= 15 is 0 Å². The smallest absolute Gasteiger partial charge is 0.273 e. The molecule has 1 heterocycles. The lowest BCUT2D eigenvalue weighted by molar-refractivity contribution is -0.122. The van der Waals surface area contributed by atoms with Crippen LogP contribution in [0.4, 0.5) is 0 Å². The Hall–Kier alpha value is -1.36. The first kappa shape index (κ1) is 16.0. The predicted octanol–water partition coefficient (Wildman–Crippen LogP) is 3.07. The van der Waals surface area contributed by atoms with E-state index in [1.54, 1.807) is 11.3 Å². The molecule has 1 aliphatic carbocycles. The summed E-state index contributed by atoms with van der Waals surface area (Å²) in [7, 11) is 0. The second-order valence-electron chi connectivity index (χ2n) is 6.34. The van der Waals surface area contributed by atoms with Crippen molar-refractivity contribution in [3.05, 3.63) is 21.4 Å². The van der Waals surface area contributed by atoms with Gasteiger partial charge in [0.2, 0.25) is 5.91 Å². The van der Waals surface area contributed by atoms with E-state index in [1.807, 2.05) is 6.07 Å². The van der Waals surface area contributed by atoms with E-state index in [-0.39, 0.29) is 11.8 Å². The van der Waals surface area contributed by atoms with Crippen molar-refractivity contribution in [1.82, 2.24) is 10.9 Å². The highest BCUT2D eigenvalue weighted by Crippen LogP contribution is 2.32. The number of fused-ring (bicyclic) bond motifs is 1. The van der Waals surface area contributed by atoms with Gasteiger partial charge in [-0.15, -0.1) is 11.3 Å². The molecular formula is C16H24N2O2S. The summed E-state index contributed by atoms with van der Waals surface area (Å²) in [5.41, 5.74) is 6.31. The SMILES string of the molecule is CC(C)CCC(=O)NNC(=O)c1cc2c(s1)CCC(C)C2. The van der Waals surface area contributed by atoms with Crippen LogP contribution in [0.25, 0.3) is 0 Å². The molecule has 0 bridgehead atoms. The van der Waals surface area contributed by atoms with Crippen molar-refractivity contribution in [3.63, 3.8) is 0 Å². The molecule has 0 aliphatic heterocycles. The lowest BCUT2D eigenvalue weighted by Crippen LogP contribution is -2.41. The minimum absolute atomic E-state index is 0.132. The maximum Gasteiger partial charge on any atom is 0.279 e. The average Bonchev–Trinajstić information content (AvgIpc) is 2.85. The largest absolute Gasteiger partial charge is 0.279 e. The summed E-state index contributed by atoms with van der Waals surface area (Å²) in [5, 5.41) is 0. The van der Waals surface area contributed by atoms with Gasteiger partial charge >= 0.3 is 0 Å². The number of thiophene rings is 1. The molecule has 0 saturated heterocycles. The molecule has 1 unspecified atom stereocenters. The molecule has 0 spiro atoms. The highest BCUT2D eigenvalue weighted by molar-refractivity contribution is 7.14. The van der Waals surface area contributed by atoms with E-state index in [1.165, 1.54) is 16.9 Å². The summed E-state index contributed by atoms with van der Waals surface area (Å²) in [6.45, 7) is 6.39. The van der Waals surface area contributed by atoms with Crippen LogP contribution in [0.2, 0.25) is 0 Å². The molecule has 0 saturated carbocycles. The van der Waals surface area contributed by atoms with Gasteiger partial charge in [-0.1, -0.05) is 20.8 Å². The molecule has 2 N–H and O–H groups in total. The summed E-state index contributed by atoms with van der Waals surface area (Å²) in [6, 6.07) is 1.98. The zero-order chi connectivity index (χ0) is 15.4. The summed E-state index contributed by atoms with van der Waals surface area (Å²) >= 11 is 1.55. The number of carbonyl (C=O) groups is 2. The van der Waals surface area contributed by atoms with E-state index in [2.05, 4.69) is 31.6 Å². The Bertz CT molecular complexity index is 522. The number of hydrogen-bond donors (Lipinski definition) is 2. The molecule has 5 heteroatoms. The Morgan fingerprint density at radius 1 is 1.38 bits per heavy atom. The minimum Gasteiger partial charge on any atom is -0.273 e. The molecule has 1 atom stereocenters. The van der Waals surface area contributed by atoms with Crippen molar-refractivity contribution < 1.29 is 9.59 Å². The lowest BCUT2D eigenvalue weighted by atomic mass is 9.90. The Balaban J connectivity index is 1.85. The molecule has 2 rings (SSSR count). The molecule has 0 radical (unpaired) electrons. The van der Waals surface area contributed by atoms with Gasteiger partial charge in [0.05, 0.1) is 4.88 Å². The van der Waals surface area contributed by atoms with Crippen LogP contribution in [0.5, 0.6) is 0 Å². The van der Waals surface area contributed by atoms with E-state index in [9.17, 15) is 9.59 Å². The monoisotopic (exact) mass is 308 g/mol. The average molecular weight is 308 g/mol. The molecule has 2 amide bonds. The Morgan fingerprint density at radius 2 is 2.14 bits per heavy atom. The first-order valence-corrected chi connectivity index (χ1v) is 8.48. The quantitative estimate of drug-likeness (QED) is 0.840. The third kappa shape index (κ3) is 4.56. The first-order valence-electron chi connectivity index (χ1n) is 7.66. The van der Waals surface area contributed by atoms with E-state index in [0.717, 1.165) is 19.3 Å². The highest BCUT2D eigenvalue weighted by Gasteiger charge is 2.20. The molecule has 1 aromatic heterocycles. The maximum atomic E-state index is 12.1. The van der Waals surface area contributed by atoms with Crippen LogP contribution in [0, 0.1) is 11.8 Å².